The lowest BCUT2D eigenvalue weighted by atomic mass is 9.68. The summed E-state index contributed by atoms with van der Waals surface area (Å²) in [6, 6.07) is 0.217. The van der Waals surface area contributed by atoms with E-state index in [-0.39, 0.29) is 23.3 Å². The molecule has 1 heterocycles. The van der Waals surface area contributed by atoms with Gasteiger partial charge in [-0.15, -0.1) is 0 Å². The van der Waals surface area contributed by atoms with Gasteiger partial charge in [-0.25, -0.2) is 0 Å². The van der Waals surface area contributed by atoms with Crippen LogP contribution in [0.15, 0.2) is 34.4 Å². The SMILES string of the molecule is CC(C)[C@H](CN1CC[C@H](C2=CC=C(Cl)CC2)C(C)(C)C1)NC(=O)C1CC=C(C2CCCCC2)CC1. The summed E-state index contributed by atoms with van der Waals surface area (Å²) < 4.78 is 0. The molecule has 1 saturated carbocycles. The van der Waals surface area contributed by atoms with Crippen LogP contribution in [-0.4, -0.2) is 36.5 Å². The molecule has 0 aromatic carbocycles. The zero-order chi connectivity index (χ0) is 25.0. The van der Waals surface area contributed by atoms with Crippen LogP contribution < -0.4 is 5.32 Å². The maximum atomic E-state index is 13.3. The van der Waals surface area contributed by atoms with Gasteiger partial charge in [0.25, 0.3) is 0 Å². The predicted molar refractivity (Wildman–Crippen MR) is 148 cm³/mol. The summed E-state index contributed by atoms with van der Waals surface area (Å²) in [5.74, 6) is 2.31. The number of halogens is 1. The lowest BCUT2D eigenvalue weighted by Gasteiger charge is -2.47. The summed E-state index contributed by atoms with van der Waals surface area (Å²) in [4.78, 5) is 15.9. The number of nitrogens with one attached hydrogen (secondary N) is 1. The topological polar surface area (TPSA) is 32.3 Å². The summed E-state index contributed by atoms with van der Waals surface area (Å²) >= 11 is 6.21. The standard InChI is InChI=1S/C31H49ClN2O/c1-22(2)29(33-30(35)26-12-10-24(11-13-26)23-8-6-5-7-9-23)20-34-19-18-28(31(3,4)21-34)25-14-16-27(32)17-15-25/h10,14,16,22-23,26,28-29H,5-9,11-13,15,17-21H2,1-4H3,(H,33,35)/t26?,28-,29+/m1/s1. The van der Waals surface area contributed by atoms with Crippen LogP contribution in [0.1, 0.15) is 98.3 Å². The molecule has 3 atom stereocenters. The third-order valence-corrected chi connectivity index (χ3v) is 9.74. The Morgan fingerprint density at radius 1 is 1.06 bits per heavy atom. The van der Waals surface area contributed by atoms with Crippen LogP contribution in [0, 0.1) is 29.1 Å². The van der Waals surface area contributed by atoms with Crippen molar-refractivity contribution >= 4 is 17.5 Å². The van der Waals surface area contributed by atoms with Gasteiger partial charge in [-0.3, -0.25) is 4.79 Å². The minimum Gasteiger partial charge on any atom is -0.352 e. The summed E-state index contributed by atoms with van der Waals surface area (Å²) in [6.45, 7) is 12.5. The van der Waals surface area contributed by atoms with E-state index in [4.69, 9.17) is 11.6 Å². The molecular formula is C31H49ClN2O. The first-order chi connectivity index (χ1) is 16.7. The predicted octanol–water partition coefficient (Wildman–Crippen LogP) is 7.63. The zero-order valence-electron chi connectivity index (χ0n) is 22.8. The van der Waals surface area contributed by atoms with Gasteiger partial charge in [0.05, 0.1) is 0 Å². The van der Waals surface area contributed by atoms with Gasteiger partial charge in [0.15, 0.2) is 0 Å². The van der Waals surface area contributed by atoms with Crippen molar-refractivity contribution in [3.63, 3.8) is 0 Å². The maximum Gasteiger partial charge on any atom is 0.223 e. The van der Waals surface area contributed by atoms with Crippen molar-refractivity contribution in [2.75, 3.05) is 19.6 Å². The molecule has 1 amide bonds. The Bertz CT molecular complexity index is 833. The lowest BCUT2D eigenvalue weighted by Crippen LogP contribution is -2.53. The van der Waals surface area contributed by atoms with Gasteiger partial charge in [0, 0.05) is 30.1 Å². The highest BCUT2D eigenvalue weighted by molar-refractivity contribution is 6.29. The van der Waals surface area contributed by atoms with Crippen LogP contribution in [-0.2, 0) is 4.79 Å². The average Bonchev–Trinajstić information content (AvgIpc) is 2.84. The number of likely N-dealkylation sites (tertiary alicyclic amines) is 1. The molecule has 1 N–H and O–H groups in total. The van der Waals surface area contributed by atoms with Gasteiger partial charge in [-0.2, -0.15) is 0 Å². The minimum atomic E-state index is 0.156. The Hall–Kier alpha value is -1.06. The number of carbonyl (C=O) groups is 1. The first kappa shape index (κ1) is 27.0. The fourth-order valence-electron chi connectivity index (χ4n) is 7.17. The van der Waals surface area contributed by atoms with E-state index >= 15 is 0 Å². The third-order valence-electron chi connectivity index (χ3n) is 9.42. The van der Waals surface area contributed by atoms with E-state index in [1.165, 1.54) is 38.5 Å². The molecule has 35 heavy (non-hydrogen) atoms. The number of hydrogen-bond acceptors (Lipinski definition) is 2. The first-order valence-electron chi connectivity index (χ1n) is 14.5. The highest BCUT2D eigenvalue weighted by Crippen LogP contribution is 2.43. The Labute approximate surface area is 219 Å². The molecule has 1 aliphatic heterocycles. The van der Waals surface area contributed by atoms with Crippen molar-refractivity contribution in [2.45, 2.75) is 104 Å². The van der Waals surface area contributed by atoms with Gasteiger partial charge in [0.2, 0.25) is 5.91 Å². The van der Waals surface area contributed by atoms with E-state index in [2.05, 4.69) is 56.1 Å². The number of amides is 1. The number of hydrogen-bond donors (Lipinski definition) is 1. The summed E-state index contributed by atoms with van der Waals surface area (Å²) in [5.41, 5.74) is 3.47. The van der Waals surface area contributed by atoms with Crippen LogP contribution in [0.5, 0.6) is 0 Å². The Kier molecular flexibility index (Phi) is 9.25. The van der Waals surface area contributed by atoms with Crippen molar-refractivity contribution in [2.24, 2.45) is 29.1 Å². The van der Waals surface area contributed by atoms with Crippen LogP contribution >= 0.6 is 11.6 Å². The number of nitrogens with zero attached hydrogens (tertiary/aromatic N) is 1. The van der Waals surface area contributed by atoms with E-state index in [1.54, 1.807) is 11.1 Å². The van der Waals surface area contributed by atoms with Crippen LogP contribution in [0.3, 0.4) is 0 Å². The van der Waals surface area contributed by atoms with Gasteiger partial charge in [-0.05, 0) is 87.2 Å². The third kappa shape index (κ3) is 7.04. The molecule has 4 heteroatoms. The Balaban J connectivity index is 1.30. The number of piperidine rings is 1. The smallest absolute Gasteiger partial charge is 0.223 e. The first-order valence-corrected chi connectivity index (χ1v) is 14.9. The van der Waals surface area contributed by atoms with Gasteiger partial charge in [-0.1, -0.05) is 81.9 Å². The molecule has 3 nitrogen and oxygen atoms in total. The van der Waals surface area contributed by atoms with Crippen LogP contribution in [0.2, 0.25) is 0 Å². The largest absolute Gasteiger partial charge is 0.352 e. The van der Waals surface area contributed by atoms with Crippen molar-refractivity contribution in [3.8, 4) is 0 Å². The molecule has 0 aromatic heterocycles. The normalized spacial score (nSPS) is 29.3. The monoisotopic (exact) mass is 500 g/mol. The number of carbonyl (C=O) groups excluding carboxylic acids is 1. The molecule has 0 bridgehead atoms. The molecule has 3 aliphatic carbocycles. The maximum absolute atomic E-state index is 13.3. The lowest BCUT2D eigenvalue weighted by molar-refractivity contribution is -0.126. The second-order valence-corrected chi connectivity index (χ2v) is 13.3. The minimum absolute atomic E-state index is 0.156. The molecule has 0 radical (unpaired) electrons. The van der Waals surface area contributed by atoms with E-state index < -0.39 is 0 Å². The fraction of sp³-hybridized carbons (Fsp3) is 0.774. The van der Waals surface area contributed by atoms with E-state index in [0.29, 0.717) is 11.8 Å². The van der Waals surface area contributed by atoms with E-state index in [9.17, 15) is 4.79 Å². The van der Waals surface area contributed by atoms with Crippen molar-refractivity contribution < 1.29 is 4.79 Å². The Morgan fingerprint density at radius 3 is 2.43 bits per heavy atom. The number of rotatable bonds is 7. The summed E-state index contributed by atoms with van der Waals surface area (Å²) in [6.07, 6.45) is 20.1. The van der Waals surface area contributed by atoms with Crippen LogP contribution in [0.4, 0.5) is 0 Å². The molecule has 196 valence electrons. The van der Waals surface area contributed by atoms with Gasteiger partial charge in [0.1, 0.15) is 0 Å². The van der Waals surface area contributed by atoms with Crippen molar-refractivity contribution in [1.82, 2.24) is 10.2 Å². The summed E-state index contributed by atoms with van der Waals surface area (Å²) in [7, 11) is 0. The molecule has 1 saturated heterocycles. The number of allylic oxidation sites excluding steroid dienone is 6. The summed E-state index contributed by atoms with van der Waals surface area (Å²) in [5, 5.41) is 4.48. The highest BCUT2D eigenvalue weighted by Gasteiger charge is 2.39. The molecule has 4 rings (SSSR count). The zero-order valence-corrected chi connectivity index (χ0v) is 23.5. The Morgan fingerprint density at radius 2 is 1.83 bits per heavy atom. The van der Waals surface area contributed by atoms with Crippen molar-refractivity contribution in [3.05, 3.63) is 34.4 Å². The average molecular weight is 501 g/mol. The van der Waals surface area contributed by atoms with Crippen molar-refractivity contribution in [1.29, 1.82) is 0 Å². The quantitative estimate of drug-likeness (QED) is 0.364. The second kappa shape index (κ2) is 12.0. The van der Waals surface area contributed by atoms with E-state index in [1.807, 2.05) is 0 Å². The molecule has 2 fully saturated rings. The van der Waals surface area contributed by atoms with Crippen LogP contribution in [0.25, 0.3) is 0 Å². The molecule has 0 spiro atoms. The van der Waals surface area contributed by atoms with E-state index in [0.717, 1.165) is 62.7 Å². The van der Waals surface area contributed by atoms with Gasteiger partial charge >= 0.3 is 0 Å². The van der Waals surface area contributed by atoms with Gasteiger partial charge < -0.3 is 10.2 Å². The molecule has 0 aromatic rings. The molecule has 4 aliphatic rings. The fourth-order valence-corrected chi connectivity index (χ4v) is 7.33. The molecular weight excluding hydrogens is 452 g/mol. The second-order valence-electron chi connectivity index (χ2n) is 12.9. The highest BCUT2D eigenvalue weighted by atomic mass is 35.5. The molecule has 1 unspecified atom stereocenters.